The summed E-state index contributed by atoms with van der Waals surface area (Å²) in [5, 5.41) is 0. The third-order valence-electron chi connectivity index (χ3n) is 6.47. The van der Waals surface area contributed by atoms with Crippen LogP contribution < -0.4 is 0 Å². The number of benzene rings is 3. The third kappa shape index (κ3) is 8.47. The van der Waals surface area contributed by atoms with E-state index in [1.165, 1.54) is 66.7 Å². The van der Waals surface area contributed by atoms with E-state index in [0.29, 0.717) is 6.29 Å². The Morgan fingerprint density at radius 1 is 0.791 bits per heavy atom. The highest BCUT2D eigenvalue weighted by Gasteiger charge is 2.42. The molecule has 0 aromatic heterocycles. The van der Waals surface area contributed by atoms with Gasteiger partial charge in [-0.3, -0.25) is 0 Å². The Kier molecular flexibility index (Phi) is 11.6. The summed E-state index contributed by atoms with van der Waals surface area (Å²) >= 11 is 0. The smallest absolute Gasteiger partial charge is 0.330 e. The van der Waals surface area contributed by atoms with Crippen LogP contribution in [0.15, 0.2) is 112 Å². The lowest BCUT2D eigenvalue weighted by Crippen LogP contribution is -2.40. The Morgan fingerprint density at radius 2 is 1.30 bits per heavy atom. The topological polar surface area (TPSA) is 149 Å². The fourth-order valence-corrected chi connectivity index (χ4v) is 10.3. The zero-order chi connectivity index (χ0) is 31.7. The second kappa shape index (κ2) is 14.7. The molecule has 1 atom stereocenters. The zero-order valence-electron chi connectivity index (χ0n) is 23.6. The Bertz CT molecular complexity index is 1670. The molecule has 10 nitrogen and oxygen atoms in total. The number of sulfone groups is 2. The first kappa shape index (κ1) is 33.8. The number of nitrogens with zero attached hydrogens (tertiary/aromatic N) is 1. The number of esters is 1. The molecule has 0 heterocycles. The summed E-state index contributed by atoms with van der Waals surface area (Å²) in [6.07, 6.45) is 1.91. The van der Waals surface area contributed by atoms with Crippen LogP contribution in [0.4, 0.5) is 0 Å². The molecule has 0 fully saturated rings. The first-order valence-corrected chi connectivity index (χ1v) is 17.8. The first-order valence-electron chi connectivity index (χ1n) is 13.3. The molecule has 0 aliphatic carbocycles. The normalized spacial score (nSPS) is 13.3. The van der Waals surface area contributed by atoms with Crippen molar-refractivity contribution in [1.82, 2.24) is 4.31 Å². The van der Waals surface area contributed by atoms with E-state index in [2.05, 4.69) is 0 Å². The van der Waals surface area contributed by atoms with E-state index < -0.39 is 59.1 Å². The fraction of sp³-hybridized carbons (Fsp3) is 0.267. The molecule has 0 aliphatic rings. The molecule has 3 aromatic rings. The van der Waals surface area contributed by atoms with Crippen LogP contribution in [-0.2, 0) is 44.0 Å². The van der Waals surface area contributed by atoms with Gasteiger partial charge in [-0.2, -0.15) is 4.31 Å². The molecule has 43 heavy (non-hydrogen) atoms. The minimum atomic E-state index is -4.56. The summed E-state index contributed by atoms with van der Waals surface area (Å²) in [6.45, 7) is 2.56. The summed E-state index contributed by atoms with van der Waals surface area (Å²) in [4.78, 5) is 23.6. The largest absolute Gasteiger partial charge is 0.463 e. The van der Waals surface area contributed by atoms with Gasteiger partial charge in [0.2, 0.25) is 10.0 Å². The Balaban J connectivity index is 2.05. The number of aldehydes is 1. The van der Waals surface area contributed by atoms with Crippen LogP contribution in [0.2, 0.25) is 0 Å². The van der Waals surface area contributed by atoms with Crippen molar-refractivity contribution < 1.29 is 39.6 Å². The van der Waals surface area contributed by atoms with Crippen molar-refractivity contribution in [3.05, 3.63) is 103 Å². The van der Waals surface area contributed by atoms with Gasteiger partial charge in [0.05, 0.1) is 21.3 Å². The molecule has 13 heteroatoms. The van der Waals surface area contributed by atoms with Crippen LogP contribution in [0.1, 0.15) is 18.9 Å². The summed E-state index contributed by atoms with van der Waals surface area (Å²) in [5.74, 6) is -2.07. The maximum absolute atomic E-state index is 13.8. The van der Waals surface area contributed by atoms with Crippen molar-refractivity contribution in [2.45, 2.75) is 39.5 Å². The lowest BCUT2D eigenvalue weighted by molar-refractivity contribution is -0.137. The van der Waals surface area contributed by atoms with Gasteiger partial charge in [-0.05, 0) is 56.7 Å². The number of rotatable bonds is 15. The van der Waals surface area contributed by atoms with Crippen LogP contribution in [0.3, 0.4) is 0 Å². The lowest BCUT2D eigenvalue weighted by Gasteiger charge is -2.26. The number of ether oxygens (including phenoxy) is 1. The number of hydrogen-bond donors (Lipinski definition) is 0. The van der Waals surface area contributed by atoms with Gasteiger partial charge in [-0.25, -0.2) is 30.0 Å². The van der Waals surface area contributed by atoms with Gasteiger partial charge in [0.25, 0.3) is 0 Å². The number of carbonyl (C=O) groups is 2. The molecular formula is C30H33NO9S3. The van der Waals surface area contributed by atoms with Gasteiger partial charge < -0.3 is 9.53 Å². The van der Waals surface area contributed by atoms with Crippen LogP contribution in [0.5, 0.6) is 0 Å². The molecule has 3 aromatic carbocycles. The number of hydrogen-bond acceptors (Lipinski definition) is 9. The molecule has 0 saturated carbocycles. The van der Waals surface area contributed by atoms with Gasteiger partial charge in [0.15, 0.2) is 24.3 Å². The Morgan fingerprint density at radius 3 is 1.77 bits per heavy atom. The number of sulfonamides is 1. The van der Waals surface area contributed by atoms with Crippen LogP contribution >= 0.6 is 0 Å². The second-order valence-corrected chi connectivity index (χ2v) is 16.1. The van der Waals surface area contributed by atoms with Crippen LogP contribution in [0.25, 0.3) is 0 Å². The zero-order valence-corrected chi connectivity index (χ0v) is 26.1. The molecule has 3 rings (SSSR count). The van der Waals surface area contributed by atoms with E-state index in [0.717, 1.165) is 15.9 Å². The molecule has 0 spiro atoms. The average Bonchev–Trinajstić information content (AvgIpc) is 2.99. The molecule has 0 amide bonds. The fourth-order valence-electron chi connectivity index (χ4n) is 4.21. The van der Waals surface area contributed by atoms with E-state index in [1.54, 1.807) is 38.1 Å². The molecule has 0 radical (unpaired) electrons. The van der Waals surface area contributed by atoms with E-state index in [9.17, 15) is 34.8 Å². The van der Waals surface area contributed by atoms with Crippen LogP contribution in [0, 0.1) is 12.8 Å². The highest BCUT2D eigenvalue weighted by Crippen LogP contribution is 2.31. The minimum absolute atomic E-state index is 0.0994. The molecule has 0 saturated heterocycles. The first-order chi connectivity index (χ1) is 20.3. The highest BCUT2D eigenvalue weighted by molar-refractivity contribution is 8.09. The lowest BCUT2D eigenvalue weighted by atomic mass is 10.1. The minimum Gasteiger partial charge on any atom is -0.463 e. The predicted octanol–water partition coefficient (Wildman–Crippen LogP) is 3.58. The maximum atomic E-state index is 13.8. The van der Waals surface area contributed by atoms with Gasteiger partial charge in [0, 0.05) is 25.1 Å². The molecule has 0 bridgehead atoms. The summed E-state index contributed by atoms with van der Waals surface area (Å²) < 4.78 is 86.0. The van der Waals surface area contributed by atoms with Gasteiger partial charge in [-0.15, -0.1) is 0 Å². The molecule has 230 valence electrons. The monoisotopic (exact) mass is 647 g/mol. The Hall–Kier alpha value is -3.65. The van der Waals surface area contributed by atoms with E-state index in [4.69, 9.17) is 4.74 Å². The van der Waals surface area contributed by atoms with Crippen LogP contribution in [-0.4, -0.2) is 66.1 Å². The number of carbonyl (C=O) groups excluding carboxylic acids is 2. The quantitative estimate of drug-likeness (QED) is 0.137. The summed E-state index contributed by atoms with van der Waals surface area (Å²) in [6, 6.07) is 19.9. The average molecular weight is 648 g/mol. The molecule has 0 N–H and O–H groups in total. The van der Waals surface area contributed by atoms with Gasteiger partial charge >= 0.3 is 5.97 Å². The summed E-state index contributed by atoms with van der Waals surface area (Å²) in [5.41, 5.74) is 0.804. The van der Waals surface area contributed by atoms with E-state index in [1.807, 2.05) is 0 Å². The van der Waals surface area contributed by atoms with E-state index >= 15 is 0 Å². The third-order valence-corrected chi connectivity index (χ3v) is 13.5. The van der Waals surface area contributed by atoms with Gasteiger partial charge in [0.1, 0.15) is 6.29 Å². The molecule has 0 aliphatic heterocycles. The number of aryl methyl sites for hydroxylation is 1. The van der Waals surface area contributed by atoms with Crippen molar-refractivity contribution in [2.75, 3.05) is 19.7 Å². The molecular weight excluding hydrogens is 615 g/mol. The predicted molar refractivity (Wildman–Crippen MR) is 161 cm³/mol. The van der Waals surface area contributed by atoms with Crippen molar-refractivity contribution >= 4 is 42.0 Å². The van der Waals surface area contributed by atoms with E-state index in [-0.39, 0.29) is 27.8 Å². The SMILES string of the molecule is CCOC(=O)/C=C/CN(C[C@@H](C=O)CC(S(=O)(=O)c1ccccc1)S(=O)(=O)c1ccccc1)S(=O)(=O)c1ccc(C)cc1. The van der Waals surface area contributed by atoms with Crippen molar-refractivity contribution in [1.29, 1.82) is 0 Å². The second-order valence-electron chi connectivity index (χ2n) is 9.57. The van der Waals surface area contributed by atoms with Gasteiger partial charge in [-0.1, -0.05) is 60.2 Å². The van der Waals surface area contributed by atoms with Crippen molar-refractivity contribution in [2.24, 2.45) is 5.92 Å². The Labute approximate surface area is 252 Å². The molecule has 0 unspecified atom stereocenters. The maximum Gasteiger partial charge on any atom is 0.330 e. The summed E-state index contributed by atoms with van der Waals surface area (Å²) in [7, 11) is -13.4. The standard InChI is InChI=1S/C30H33NO9S3/c1-3-40-29(33)15-10-20-31(43(38,39)28-18-16-24(2)17-19-28)22-25(23-32)21-30(41(34,35)26-11-6-4-7-12-26)42(36,37)27-13-8-5-9-14-27/h4-19,23,25,30H,3,20-22H2,1-2H3/b15-10+/t25-/m0/s1. The highest BCUT2D eigenvalue weighted by atomic mass is 32.3. The van der Waals surface area contributed by atoms with Crippen molar-refractivity contribution in [3.8, 4) is 0 Å². The van der Waals surface area contributed by atoms with Crippen molar-refractivity contribution in [3.63, 3.8) is 0 Å².